The van der Waals surface area contributed by atoms with E-state index in [-0.39, 0.29) is 0 Å². The summed E-state index contributed by atoms with van der Waals surface area (Å²) in [5, 5.41) is 173. The summed E-state index contributed by atoms with van der Waals surface area (Å²) in [6.07, 6.45) is -36.6. The predicted molar refractivity (Wildman–Crippen MR) is 111 cm³/mol. The Hall–Kier alpha value is -1.79. The van der Waals surface area contributed by atoms with Crippen molar-refractivity contribution in [3.05, 3.63) is 11.5 Å². The number of carboxylic acid groups (broad SMARTS) is 1. The molecule has 0 spiro atoms. The molecule has 220 valence electrons. The van der Waals surface area contributed by atoms with Gasteiger partial charge >= 0.3 is 5.97 Å². The van der Waals surface area contributed by atoms with E-state index in [2.05, 4.69) is 0 Å². The minimum absolute atomic E-state index is 1.11. The molecule has 0 bridgehead atoms. The Morgan fingerprint density at radius 2 is 0.649 bits per heavy atom. The number of hydrogen-bond acceptors (Lipinski definition) is 18. The third-order valence-electron chi connectivity index (χ3n) is 5.43. The summed E-state index contributed by atoms with van der Waals surface area (Å²) in [5.41, 5.74) is 0. The second-order valence-corrected chi connectivity index (χ2v) is 8.10. The van der Waals surface area contributed by atoms with Gasteiger partial charge in [-0.2, -0.15) is 0 Å². The highest BCUT2D eigenvalue weighted by Gasteiger charge is 2.45. The summed E-state index contributed by atoms with van der Waals surface area (Å²) in [4.78, 5) is 10.6. The van der Waals surface area contributed by atoms with E-state index in [1.807, 2.05) is 0 Å². The first kappa shape index (κ1) is 35.2. The van der Waals surface area contributed by atoms with Crippen LogP contribution >= 0.6 is 0 Å². The molecule has 0 saturated carbocycles. The second kappa shape index (κ2) is 15.0. The fourth-order valence-electron chi connectivity index (χ4n) is 2.88. The minimum atomic E-state index is -2.82. The van der Waals surface area contributed by atoms with Crippen LogP contribution in [0.1, 0.15) is 0 Å². The van der Waals surface area contributed by atoms with Gasteiger partial charge in [0.15, 0.2) is 17.6 Å². The molecule has 0 fully saturated rings. The summed E-state index contributed by atoms with van der Waals surface area (Å²) in [6.45, 7) is -1.11. The topological polar surface area (TPSA) is 381 Å². The normalized spacial score (nSPS) is 24.6. The van der Waals surface area contributed by atoms with Crippen LogP contribution in [-0.2, 0) is 4.79 Å². The van der Waals surface area contributed by atoms with Crippen LogP contribution in [0.4, 0.5) is 0 Å². The maximum atomic E-state index is 10.6. The number of carboxylic acids is 1. The summed E-state index contributed by atoms with van der Waals surface area (Å²) in [6, 6.07) is 0. The predicted octanol–water partition coefficient (Wildman–Crippen LogP) is -9.56. The quantitative estimate of drug-likeness (QED) is 0.0787. The van der Waals surface area contributed by atoms with Crippen LogP contribution in [0, 0.1) is 0 Å². The van der Waals surface area contributed by atoms with Crippen molar-refractivity contribution >= 4 is 5.97 Å². The lowest BCUT2D eigenvalue weighted by Crippen LogP contribution is -2.58. The van der Waals surface area contributed by atoms with Crippen LogP contribution in [0.15, 0.2) is 11.5 Å². The zero-order valence-electron chi connectivity index (χ0n) is 18.7. The van der Waals surface area contributed by atoms with Crippen LogP contribution < -0.4 is 0 Å². The van der Waals surface area contributed by atoms with Crippen molar-refractivity contribution in [2.45, 2.75) is 85.5 Å². The van der Waals surface area contributed by atoms with E-state index < -0.39 is 110 Å². The molecule has 0 aromatic carbocycles. The van der Waals surface area contributed by atoms with Crippen molar-refractivity contribution in [2.24, 2.45) is 0 Å². The number of aliphatic hydroxyl groups is 17. The number of rotatable bonds is 16. The van der Waals surface area contributed by atoms with Gasteiger partial charge < -0.3 is 91.9 Å². The van der Waals surface area contributed by atoms with E-state index in [0.717, 1.165) is 0 Å². The van der Waals surface area contributed by atoms with Crippen molar-refractivity contribution in [2.75, 3.05) is 6.61 Å². The van der Waals surface area contributed by atoms with Gasteiger partial charge in [0.25, 0.3) is 0 Å². The number of hydrogen-bond donors (Lipinski definition) is 18. The van der Waals surface area contributed by atoms with Crippen LogP contribution in [0.2, 0.25) is 0 Å². The summed E-state index contributed by atoms with van der Waals surface area (Å²) in [5.74, 6) is -5.54. The van der Waals surface area contributed by atoms with Crippen LogP contribution in [0.5, 0.6) is 0 Å². The molecule has 0 rings (SSSR count). The van der Waals surface area contributed by atoms with Gasteiger partial charge in [-0.3, -0.25) is 0 Å². The van der Waals surface area contributed by atoms with E-state index in [1.54, 1.807) is 0 Å². The number of carbonyl (C=O) groups is 1. The molecule has 37 heavy (non-hydrogen) atoms. The minimum Gasteiger partial charge on any atom is -0.506 e. The molecule has 0 aliphatic rings. The van der Waals surface area contributed by atoms with Crippen LogP contribution in [-0.4, -0.2) is 190 Å². The first-order valence-electron chi connectivity index (χ1n) is 10.3. The van der Waals surface area contributed by atoms with Gasteiger partial charge in [-0.25, -0.2) is 4.79 Å². The second-order valence-electron chi connectivity index (χ2n) is 8.10. The zero-order valence-corrected chi connectivity index (χ0v) is 18.7. The van der Waals surface area contributed by atoms with Gasteiger partial charge in [0.2, 0.25) is 0 Å². The first-order chi connectivity index (χ1) is 16.8. The van der Waals surface area contributed by atoms with E-state index in [1.165, 1.54) is 0 Å². The lowest BCUT2D eigenvalue weighted by Gasteiger charge is -2.34. The van der Waals surface area contributed by atoms with Crippen molar-refractivity contribution in [1.29, 1.82) is 0 Å². The Balaban J connectivity index is 5.53. The highest BCUT2D eigenvalue weighted by molar-refractivity contribution is 5.72. The summed E-state index contributed by atoms with van der Waals surface area (Å²) >= 11 is 0. The molecule has 14 atom stereocenters. The molecule has 18 N–H and O–H groups in total. The monoisotopic (exact) mass is 554 g/mol. The highest BCUT2D eigenvalue weighted by Crippen LogP contribution is 2.21. The molecule has 0 aliphatic heterocycles. The van der Waals surface area contributed by atoms with Crippen molar-refractivity contribution in [3.8, 4) is 0 Å². The van der Waals surface area contributed by atoms with Crippen molar-refractivity contribution in [1.82, 2.24) is 0 Å². The lowest BCUT2D eigenvalue weighted by atomic mass is 9.90. The molecule has 14 unspecified atom stereocenters. The largest absolute Gasteiger partial charge is 0.506 e. The Morgan fingerprint density at radius 3 is 0.919 bits per heavy atom. The van der Waals surface area contributed by atoms with Crippen molar-refractivity contribution < 1.29 is 96.7 Å². The standard InChI is InChI=1S/C18H34O19/c19-1-2(20)3(21)4(22)5(23)6(24)7(25)8(26)9(27)10(28)11(29)12(30)13(31)14(32)15(33)16(34)17(35)18(36)37/h2-5,8-17,19-35H,1H2,(H,36,37)/b7-6+. The number of aliphatic hydroxyl groups excluding tert-OH is 17. The Morgan fingerprint density at radius 1 is 0.405 bits per heavy atom. The van der Waals surface area contributed by atoms with Gasteiger partial charge in [0.1, 0.15) is 79.4 Å². The van der Waals surface area contributed by atoms with Crippen LogP contribution in [0.3, 0.4) is 0 Å². The molecule has 0 radical (unpaired) electrons. The molecular weight excluding hydrogens is 520 g/mol. The average Bonchev–Trinajstić information content (AvgIpc) is 2.89. The van der Waals surface area contributed by atoms with Gasteiger partial charge in [-0.1, -0.05) is 0 Å². The first-order valence-corrected chi connectivity index (χ1v) is 10.3. The maximum absolute atomic E-state index is 10.6. The van der Waals surface area contributed by atoms with Crippen LogP contribution in [0.25, 0.3) is 0 Å². The van der Waals surface area contributed by atoms with E-state index in [9.17, 15) is 86.5 Å². The zero-order chi connectivity index (χ0) is 29.5. The van der Waals surface area contributed by atoms with Gasteiger partial charge in [0, 0.05) is 0 Å². The fraction of sp³-hybridized carbons (Fsp3) is 0.833. The molecule has 19 nitrogen and oxygen atoms in total. The molecule has 0 amide bonds. The Bertz CT molecular complexity index is 734. The highest BCUT2D eigenvalue weighted by atomic mass is 16.4. The van der Waals surface area contributed by atoms with E-state index >= 15 is 0 Å². The third-order valence-corrected chi connectivity index (χ3v) is 5.43. The molecular formula is C18H34O19. The molecule has 0 aromatic rings. The lowest BCUT2D eigenvalue weighted by molar-refractivity contribution is -0.193. The van der Waals surface area contributed by atoms with Gasteiger partial charge in [-0.05, 0) is 0 Å². The summed E-state index contributed by atoms with van der Waals surface area (Å²) < 4.78 is 0. The Kier molecular flexibility index (Phi) is 14.2. The van der Waals surface area contributed by atoms with E-state index in [0.29, 0.717) is 0 Å². The Labute approximate surface area is 207 Å². The fourth-order valence-corrected chi connectivity index (χ4v) is 2.88. The van der Waals surface area contributed by atoms with Crippen molar-refractivity contribution in [3.63, 3.8) is 0 Å². The molecule has 0 aromatic heterocycles. The van der Waals surface area contributed by atoms with Gasteiger partial charge in [-0.15, -0.1) is 0 Å². The van der Waals surface area contributed by atoms with E-state index in [4.69, 9.17) is 10.2 Å². The number of aliphatic carboxylic acids is 1. The van der Waals surface area contributed by atoms with Gasteiger partial charge in [0.05, 0.1) is 6.61 Å². The average molecular weight is 554 g/mol. The molecule has 0 aliphatic carbocycles. The molecule has 0 saturated heterocycles. The SMILES string of the molecule is O=C(O)C(O)C(O)C(O)C(O)C(O)C(O)C(O)C(O)C(O)C(O)/C(O)=C(\O)C(O)C(O)C(O)C(O)CO. The smallest absolute Gasteiger partial charge is 0.335 e. The molecule has 0 heterocycles. The maximum Gasteiger partial charge on any atom is 0.335 e. The molecule has 19 heteroatoms. The summed E-state index contributed by atoms with van der Waals surface area (Å²) in [7, 11) is 0. The third kappa shape index (κ3) is 8.61.